The van der Waals surface area contributed by atoms with Gasteiger partial charge < -0.3 is 26.8 Å². The van der Waals surface area contributed by atoms with Crippen molar-refractivity contribution in [1.82, 2.24) is 5.32 Å². The van der Waals surface area contributed by atoms with E-state index >= 15 is 0 Å². The van der Waals surface area contributed by atoms with E-state index < -0.39 is 30.0 Å². The molecule has 124 valence electrons. The Morgan fingerprint density at radius 3 is 2.00 bits per heavy atom. The van der Waals surface area contributed by atoms with Crippen LogP contribution in [0.5, 0.6) is 0 Å². The maximum atomic E-state index is 10.2. The number of carboxylic acids is 3. The van der Waals surface area contributed by atoms with Gasteiger partial charge in [0, 0.05) is 5.75 Å². The van der Waals surface area contributed by atoms with Gasteiger partial charge in [-0.3, -0.25) is 19.7 Å². The largest absolute Gasteiger partial charge is 0.480 e. The molecule has 0 spiro atoms. The average Bonchev–Trinajstić information content (AvgIpc) is 2.39. The van der Waals surface area contributed by atoms with Crippen molar-refractivity contribution in [2.75, 3.05) is 18.8 Å². The van der Waals surface area contributed by atoms with E-state index in [0.29, 0.717) is 13.0 Å². The Morgan fingerprint density at radius 1 is 1.10 bits per heavy atom. The van der Waals surface area contributed by atoms with Crippen molar-refractivity contribution in [3.8, 4) is 0 Å². The Kier molecular flexibility index (Phi) is 14.2. The van der Waals surface area contributed by atoms with Gasteiger partial charge in [-0.15, -0.1) is 0 Å². The molecule has 0 heterocycles. The smallest absolute Gasteiger partial charge is 0.321 e. The van der Waals surface area contributed by atoms with Crippen LogP contribution in [0.3, 0.4) is 0 Å². The highest BCUT2D eigenvalue weighted by molar-refractivity contribution is 7.80. The summed E-state index contributed by atoms with van der Waals surface area (Å²) in [5.41, 5.74) is 10.4. The number of rotatable bonds is 10. The molecule has 0 aromatic rings. The van der Waals surface area contributed by atoms with Crippen LogP contribution < -0.4 is 16.8 Å². The van der Waals surface area contributed by atoms with Crippen LogP contribution in [0.1, 0.15) is 19.3 Å². The molecule has 0 rings (SSSR count). The summed E-state index contributed by atoms with van der Waals surface area (Å²) >= 11 is 3.72. The van der Waals surface area contributed by atoms with E-state index in [1.165, 1.54) is 0 Å². The summed E-state index contributed by atoms with van der Waals surface area (Å²) < 4.78 is 0. The molecule has 0 aromatic heterocycles. The van der Waals surface area contributed by atoms with Crippen LogP contribution in [-0.2, 0) is 14.4 Å². The molecule has 0 aromatic carbocycles. The summed E-state index contributed by atoms with van der Waals surface area (Å²) in [5, 5.41) is 27.2. The van der Waals surface area contributed by atoms with Gasteiger partial charge in [0.2, 0.25) is 0 Å². The molecule has 0 bridgehead atoms. The molecule has 0 radical (unpaired) electrons. The van der Waals surface area contributed by atoms with E-state index in [1.807, 2.05) is 0 Å². The Balaban J connectivity index is 0. The first kappa shape index (κ1) is 21.9. The summed E-state index contributed by atoms with van der Waals surface area (Å²) in [7, 11) is 0. The third-order valence-electron chi connectivity index (χ3n) is 2.27. The van der Waals surface area contributed by atoms with Crippen molar-refractivity contribution in [3.05, 3.63) is 0 Å². The van der Waals surface area contributed by atoms with E-state index in [0.717, 1.165) is 12.8 Å². The highest BCUT2D eigenvalue weighted by Gasteiger charge is 2.14. The number of hydrogen-bond acceptors (Lipinski definition) is 7. The highest BCUT2D eigenvalue weighted by atomic mass is 32.1. The van der Waals surface area contributed by atoms with Crippen LogP contribution >= 0.6 is 12.6 Å². The van der Waals surface area contributed by atoms with E-state index in [-0.39, 0.29) is 12.3 Å². The Bertz CT molecular complexity index is 329. The average molecular weight is 325 g/mol. The van der Waals surface area contributed by atoms with E-state index in [1.54, 1.807) is 0 Å². The second-order valence-electron chi connectivity index (χ2n) is 4.08. The second-order valence-corrected chi connectivity index (χ2v) is 4.44. The minimum absolute atomic E-state index is 0.0720. The maximum absolute atomic E-state index is 10.2. The number of hydrogen-bond donors (Lipinski definition) is 7. The third-order valence-corrected chi connectivity index (χ3v) is 2.63. The zero-order chi connectivity index (χ0) is 16.8. The molecule has 0 aliphatic carbocycles. The van der Waals surface area contributed by atoms with Crippen molar-refractivity contribution in [3.63, 3.8) is 0 Å². The predicted molar refractivity (Wildman–Crippen MR) is 79.4 cm³/mol. The normalized spacial score (nSPS) is 12.7. The summed E-state index contributed by atoms with van der Waals surface area (Å²) in [5.74, 6) is -3.04. The zero-order valence-electron chi connectivity index (χ0n) is 11.6. The van der Waals surface area contributed by atoms with Crippen LogP contribution in [0.25, 0.3) is 0 Å². The van der Waals surface area contributed by atoms with Crippen LogP contribution in [0.2, 0.25) is 0 Å². The Hall–Kier alpha value is -1.36. The van der Waals surface area contributed by atoms with Crippen molar-refractivity contribution < 1.29 is 29.7 Å². The first-order valence-corrected chi connectivity index (χ1v) is 6.86. The number of aliphatic carboxylic acids is 3. The minimum Gasteiger partial charge on any atom is -0.480 e. The molecular formula is C11H23N3O6S. The van der Waals surface area contributed by atoms with Gasteiger partial charge >= 0.3 is 17.9 Å². The molecule has 0 saturated carbocycles. The van der Waals surface area contributed by atoms with Crippen LogP contribution in [-0.4, -0.2) is 64.2 Å². The van der Waals surface area contributed by atoms with Crippen LogP contribution in [0, 0.1) is 0 Å². The molecule has 10 heteroatoms. The van der Waals surface area contributed by atoms with Crippen LogP contribution in [0.4, 0.5) is 0 Å². The molecule has 0 amide bonds. The lowest BCUT2D eigenvalue weighted by Crippen LogP contribution is -2.40. The number of nitrogens with one attached hydrogen (secondary N) is 1. The fourth-order valence-electron chi connectivity index (χ4n) is 1.07. The monoisotopic (exact) mass is 325 g/mol. The van der Waals surface area contributed by atoms with Gasteiger partial charge in [0.05, 0.1) is 6.54 Å². The van der Waals surface area contributed by atoms with Gasteiger partial charge in [0.15, 0.2) is 0 Å². The molecule has 0 saturated heterocycles. The van der Waals surface area contributed by atoms with Crippen molar-refractivity contribution in [1.29, 1.82) is 0 Å². The van der Waals surface area contributed by atoms with Gasteiger partial charge in [-0.05, 0) is 19.4 Å². The topological polar surface area (TPSA) is 176 Å². The molecule has 0 unspecified atom stereocenters. The lowest BCUT2D eigenvalue weighted by Gasteiger charge is -2.08. The van der Waals surface area contributed by atoms with Crippen molar-refractivity contribution in [2.45, 2.75) is 31.3 Å². The maximum Gasteiger partial charge on any atom is 0.321 e. The quantitative estimate of drug-likeness (QED) is 0.187. The number of carbonyl (C=O) groups is 3. The zero-order valence-corrected chi connectivity index (χ0v) is 12.5. The Morgan fingerprint density at radius 2 is 1.67 bits per heavy atom. The SMILES string of the molecule is NCCCC[C@H](N)C(=O)O.O=C(O)CN[C@@H](CS)C(=O)O. The summed E-state index contributed by atoms with van der Waals surface area (Å²) in [4.78, 5) is 30.3. The van der Waals surface area contributed by atoms with Gasteiger partial charge in [-0.1, -0.05) is 6.42 Å². The molecule has 2 atom stereocenters. The molecule has 9 nitrogen and oxygen atoms in total. The molecule has 8 N–H and O–H groups in total. The molecule has 0 aliphatic rings. The van der Waals surface area contributed by atoms with E-state index in [9.17, 15) is 14.4 Å². The van der Waals surface area contributed by atoms with Gasteiger partial charge in [0.1, 0.15) is 12.1 Å². The fraction of sp³-hybridized carbons (Fsp3) is 0.727. The van der Waals surface area contributed by atoms with Gasteiger partial charge in [-0.2, -0.15) is 12.6 Å². The number of thiol groups is 1. The summed E-state index contributed by atoms with van der Waals surface area (Å²) in [6.45, 7) is 0.240. The molecule has 0 aliphatic heterocycles. The Labute approximate surface area is 128 Å². The fourth-order valence-corrected chi connectivity index (χ4v) is 1.36. The predicted octanol–water partition coefficient (Wildman–Crippen LogP) is -1.43. The standard InChI is InChI=1S/C6H14N2O2.C5H9NO4S/c7-4-2-1-3-5(8)6(9)10;7-4(8)1-6-3(2-11)5(9)10/h5H,1-4,7-8H2,(H,9,10);3,6,11H,1-2H2,(H,7,8)(H,9,10)/t5-;3-/m00/s1. The van der Waals surface area contributed by atoms with Gasteiger partial charge in [0.25, 0.3) is 0 Å². The van der Waals surface area contributed by atoms with Crippen molar-refractivity contribution >= 4 is 30.5 Å². The minimum atomic E-state index is -1.10. The first-order valence-electron chi connectivity index (χ1n) is 6.23. The molecule has 0 fully saturated rings. The van der Waals surface area contributed by atoms with Crippen LogP contribution in [0.15, 0.2) is 0 Å². The van der Waals surface area contributed by atoms with Gasteiger partial charge in [-0.25, -0.2) is 0 Å². The van der Waals surface area contributed by atoms with E-state index in [4.69, 9.17) is 26.8 Å². The first-order chi connectivity index (χ1) is 9.76. The lowest BCUT2D eigenvalue weighted by atomic mass is 10.1. The number of unbranched alkanes of at least 4 members (excludes halogenated alkanes) is 1. The number of nitrogens with two attached hydrogens (primary N) is 2. The number of carboxylic acid groups (broad SMARTS) is 3. The lowest BCUT2D eigenvalue weighted by molar-refractivity contribution is -0.140. The third kappa shape index (κ3) is 14.9. The summed E-state index contributed by atoms with van der Waals surface area (Å²) in [6, 6.07) is -1.61. The molecular weight excluding hydrogens is 302 g/mol. The highest BCUT2D eigenvalue weighted by Crippen LogP contribution is 1.96. The summed E-state index contributed by atoms with van der Waals surface area (Å²) in [6.07, 6.45) is 2.16. The van der Waals surface area contributed by atoms with Crippen molar-refractivity contribution in [2.24, 2.45) is 11.5 Å². The second kappa shape index (κ2) is 13.6. The molecule has 21 heavy (non-hydrogen) atoms. The van der Waals surface area contributed by atoms with E-state index in [2.05, 4.69) is 17.9 Å².